The molecule has 2 unspecified atom stereocenters. The van der Waals surface area contributed by atoms with E-state index in [1.165, 1.54) is 0 Å². The van der Waals surface area contributed by atoms with Gasteiger partial charge in [-0.05, 0) is 12.3 Å². The molecule has 0 radical (unpaired) electrons. The molecule has 0 spiro atoms. The summed E-state index contributed by atoms with van der Waals surface area (Å²) in [6.07, 6.45) is 1.82. The van der Waals surface area contributed by atoms with Gasteiger partial charge in [0.05, 0.1) is 6.04 Å². The van der Waals surface area contributed by atoms with Crippen molar-refractivity contribution in [2.45, 2.75) is 32.7 Å². The van der Waals surface area contributed by atoms with Crippen LogP contribution in [0.1, 0.15) is 26.7 Å². The Balaban J connectivity index is 2.47. The molecule has 1 aliphatic heterocycles. The summed E-state index contributed by atoms with van der Waals surface area (Å²) in [6, 6.07) is -0.382. The van der Waals surface area contributed by atoms with E-state index >= 15 is 0 Å². The number of likely N-dealkylation sites (tertiary alicyclic amines) is 1. The number of carbonyl (C=O) groups excluding carboxylic acids is 1. The number of hydrogen-bond acceptors (Lipinski definition) is 3. The summed E-state index contributed by atoms with van der Waals surface area (Å²) in [5.74, 6) is 0.518. The average molecular weight is 214 g/mol. The van der Waals surface area contributed by atoms with Gasteiger partial charge in [0.15, 0.2) is 0 Å². The van der Waals surface area contributed by atoms with Gasteiger partial charge >= 0.3 is 0 Å². The zero-order valence-electron chi connectivity index (χ0n) is 9.65. The van der Waals surface area contributed by atoms with Gasteiger partial charge in [-0.1, -0.05) is 20.3 Å². The fraction of sp³-hybridized carbons (Fsp3) is 0.909. The molecule has 3 atom stereocenters. The molecule has 0 aromatic heterocycles. The van der Waals surface area contributed by atoms with Crippen LogP contribution < -0.4 is 5.73 Å². The van der Waals surface area contributed by atoms with Crippen molar-refractivity contribution in [2.75, 3.05) is 19.7 Å². The third-order valence-corrected chi connectivity index (χ3v) is 3.40. The molecule has 0 aromatic rings. The van der Waals surface area contributed by atoms with E-state index in [1.54, 1.807) is 4.90 Å². The van der Waals surface area contributed by atoms with Crippen LogP contribution in [0.3, 0.4) is 0 Å². The third-order valence-electron chi connectivity index (χ3n) is 3.40. The molecule has 15 heavy (non-hydrogen) atoms. The van der Waals surface area contributed by atoms with Gasteiger partial charge in [0, 0.05) is 25.6 Å². The molecule has 0 aromatic carbocycles. The van der Waals surface area contributed by atoms with E-state index in [0.29, 0.717) is 6.54 Å². The highest BCUT2D eigenvalue weighted by molar-refractivity contribution is 5.82. The maximum Gasteiger partial charge on any atom is 0.239 e. The Morgan fingerprint density at radius 2 is 2.33 bits per heavy atom. The molecule has 88 valence electrons. The second kappa shape index (κ2) is 5.47. The molecule has 0 saturated carbocycles. The quantitative estimate of drug-likeness (QED) is 0.702. The first-order valence-electron chi connectivity index (χ1n) is 5.75. The molecular weight excluding hydrogens is 192 g/mol. The maximum atomic E-state index is 11.9. The summed E-state index contributed by atoms with van der Waals surface area (Å²) < 4.78 is 0. The molecule has 1 rings (SSSR count). The predicted molar refractivity (Wildman–Crippen MR) is 59.2 cm³/mol. The van der Waals surface area contributed by atoms with Crippen LogP contribution in [0.25, 0.3) is 0 Å². The standard InChI is InChI=1S/C11H22N2O2/c1-3-8(2)10(12)11(15)13-5-4-9(6-13)7-14/h8-10,14H,3-7,12H2,1-2H3/t8?,9?,10-/m0/s1. The Kier molecular flexibility index (Phi) is 4.54. The second-order valence-electron chi connectivity index (χ2n) is 4.53. The zero-order chi connectivity index (χ0) is 11.4. The van der Waals surface area contributed by atoms with Gasteiger partial charge in [0.25, 0.3) is 0 Å². The first-order chi connectivity index (χ1) is 7.10. The lowest BCUT2D eigenvalue weighted by Gasteiger charge is -2.24. The van der Waals surface area contributed by atoms with Gasteiger partial charge in [-0.25, -0.2) is 0 Å². The molecule has 1 aliphatic rings. The number of aliphatic hydroxyl groups is 1. The van der Waals surface area contributed by atoms with Crippen molar-refractivity contribution in [3.63, 3.8) is 0 Å². The number of aliphatic hydroxyl groups excluding tert-OH is 1. The minimum absolute atomic E-state index is 0.0419. The Labute approximate surface area is 91.4 Å². The number of rotatable bonds is 4. The molecule has 1 fully saturated rings. The Bertz CT molecular complexity index is 221. The molecular formula is C11H22N2O2. The van der Waals surface area contributed by atoms with Crippen LogP contribution in [-0.4, -0.2) is 41.7 Å². The molecule has 3 N–H and O–H groups in total. The summed E-state index contributed by atoms with van der Waals surface area (Å²) in [6.45, 7) is 5.62. The maximum absolute atomic E-state index is 11.9. The Morgan fingerprint density at radius 1 is 1.67 bits per heavy atom. The van der Waals surface area contributed by atoms with Gasteiger partial charge in [0.1, 0.15) is 0 Å². The number of hydrogen-bond donors (Lipinski definition) is 2. The zero-order valence-corrected chi connectivity index (χ0v) is 9.65. The highest BCUT2D eigenvalue weighted by Gasteiger charge is 2.30. The predicted octanol–water partition coefficient (Wildman–Crippen LogP) is 0.201. The summed E-state index contributed by atoms with van der Waals surface area (Å²) in [7, 11) is 0. The molecule has 0 bridgehead atoms. The Morgan fingerprint density at radius 3 is 2.80 bits per heavy atom. The molecule has 1 amide bonds. The van der Waals surface area contributed by atoms with E-state index in [4.69, 9.17) is 10.8 Å². The lowest BCUT2D eigenvalue weighted by molar-refractivity contribution is -0.132. The average Bonchev–Trinajstić information content (AvgIpc) is 2.74. The molecule has 1 saturated heterocycles. The van der Waals surface area contributed by atoms with Crippen LogP contribution in [0.2, 0.25) is 0 Å². The van der Waals surface area contributed by atoms with Crippen molar-refractivity contribution >= 4 is 5.91 Å². The first kappa shape index (κ1) is 12.5. The van der Waals surface area contributed by atoms with Gasteiger partial charge in [0.2, 0.25) is 5.91 Å². The van der Waals surface area contributed by atoms with Crippen molar-refractivity contribution < 1.29 is 9.90 Å². The lowest BCUT2D eigenvalue weighted by Crippen LogP contribution is -2.46. The molecule has 4 heteroatoms. The van der Waals surface area contributed by atoms with Gasteiger partial charge in [-0.2, -0.15) is 0 Å². The minimum Gasteiger partial charge on any atom is -0.396 e. The van der Waals surface area contributed by atoms with Crippen LogP contribution in [-0.2, 0) is 4.79 Å². The molecule has 1 heterocycles. The summed E-state index contributed by atoms with van der Waals surface area (Å²) in [4.78, 5) is 13.7. The van der Waals surface area contributed by atoms with E-state index in [1.807, 2.05) is 13.8 Å². The monoisotopic (exact) mass is 214 g/mol. The fourth-order valence-electron chi connectivity index (χ4n) is 1.89. The van der Waals surface area contributed by atoms with Crippen molar-refractivity contribution in [3.05, 3.63) is 0 Å². The van der Waals surface area contributed by atoms with Crippen LogP contribution in [0, 0.1) is 11.8 Å². The molecule has 4 nitrogen and oxygen atoms in total. The summed E-state index contributed by atoms with van der Waals surface area (Å²) in [5, 5.41) is 8.99. The lowest BCUT2D eigenvalue weighted by atomic mass is 9.99. The van der Waals surface area contributed by atoms with Crippen molar-refractivity contribution in [1.82, 2.24) is 4.90 Å². The summed E-state index contributed by atoms with van der Waals surface area (Å²) >= 11 is 0. The van der Waals surface area contributed by atoms with Crippen LogP contribution in [0.4, 0.5) is 0 Å². The fourth-order valence-corrected chi connectivity index (χ4v) is 1.89. The number of carbonyl (C=O) groups is 1. The van der Waals surface area contributed by atoms with Crippen molar-refractivity contribution in [3.8, 4) is 0 Å². The van der Waals surface area contributed by atoms with Crippen molar-refractivity contribution in [1.29, 1.82) is 0 Å². The summed E-state index contributed by atoms with van der Waals surface area (Å²) in [5.41, 5.74) is 5.88. The number of nitrogens with two attached hydrogens (primary N) is 1. The normalized spacial score (nSPS) is 25.3. The minimum atomic E-state index is -0.382. The number of amides is 1. The SMILES string of the molecule is CCC(C)[C@H](N)C(=O)N1CCC(CO)C1. The van der Waals surface area contributed by atoms with E-state index in [-0.39, 0.29) is 30.4 Å². The van der Waals surface area contributed by atoms with Crippen LogP contribution >= 0.6 is 0 Å². The molecule has 0 aliphatic carbocycles. The van der Waals surface area contributed by atoms with Gasteiger partial charge < -0.3 is 15.7 Å². The Hall–Kier alpha value is -0.610. The largest absolute Gasteiger partial charge is 0.396 e. The van der Waals surface area contributed by atoms with E-state index in [0.717, 1.165) is 19.4 Å². The van der Waals surface area contributed by atoms with E-state index < -0.39 is 0 Å². The van der Waals surface area contributed by atoms with Crippen LogP contribution in [0.5, 0.6) is 0 Å². The number of nitrogens with zero attached hydrogens (tertiary/aromatic N) is 1. The highest BCUT2D eigenvalue weighted by Crippen LogP contribution is 2.18. The van der Waals surface area contributed by atoms with Gasteiger partial charge in [-0.3, -0.25) is 4.79 Å². The smallest absolute Gasteiger partial charge is 0.239 e. The van der Waals surface area contributed by atoms with Gasteiger partial charge in [-0.15, -0.1) is 0 Å². The third kappa shape index (κ3) is 2.92. The first-order valence-corrected chi connectivity index (χ1v) is 5.75. The van der Waals surface area contributed by atoms with E-state index in [9.17, 15) is 4.79 Å². The van der Waals surface area contributed by atoms with Crippen LogP contribution in [0.15, 0.2) is 0 Å². The topological polar surface area (TPSA) is 66.6 Å². The second-order valence-corrected chi connectivity index (χ2v) is 4.53. The van der Waals surface area contributed by atoms with Crippen molar-refractivity contribution in [2.24, 2.45) is 17.6 Å². The van der Waals surface area contributed by atoms with E-state index in [2.05, 4.69) is 0 Å². The highest BCUT2D eigenvalue weighted by atomic mass is 16.3.